The molecule has 0 bridgehead atoms. The van der Waals surface area contributed by atoms with Crippen molar-refractivity contribution in [1.82, 2.24) is 10.1 Å². The van der Waals surface area contributed by atoms with Gasteiger partial charge >= 0.3 is 0 Å². The Morgan fingerprint density at radius 2 is 1.73 bits per heavy atom. The van der Waals surface area contributed by atoms with Gasteiger partial charge in [0.25, 0.3) is 5.89 Å². The topological polar surface area (TPSA) is 74.5 Å². The standard InChI is InChI=1S/C24H18N2O4/c27-22(12-16-9-10-18-14-28-15-19(18)11-16)24-25-23(26-30-24)17-5-4-8-21(13-17)29-20-6-2-1-3-7-20/h1-11,13H,12,14-15H2. The van der Waals surface area contributed by atoms with E-state index in [1.807, 2.05) is 72.8 Å². The van der Waals surface area contributed by atoms with Gasteiger partial charge in [-0.25, -0.2) is 0 Å². The highest BCUT2D eigenvalue weighted by Crippen LogP contribution is 2.26. The molecule has 0 amide bonds. The fraction of sp³-hybridized carbons (Fsp3) is 0.125. The maximum Gasteiger partial charge on any atom is 0.294 e. The van der Waals surface area contributed by atoms with Crippen molar-refractivity contribution >= 4 is 5.78 Å². The second kappa shape index (κ2) is 7.93. The number of ether oxygens (including phenoxy) is 2. The third-order valence-electron chi connectivity index (χ3n) is 4.89. The molecule has 0 fully saturated rings. The fourth-order valence-corrected chi connectivity index (χ4v) is 3.37. The first-order valence-corrected chi connectivity index (χ1v) is 9.63. The molecule has 0 N–H and O–H groups in total. The van der Waals surface area contributed by atoms with Gasteiger partial charge in [-0.2, -0.15) is 4.98 Å². The van der Waals surface area contributed by atoms with Crippen molar-refractivity contribution in [2.75, 3.05) is 0 Å². The number of hydrogen-bond donors (Lipinski definition) is 0. The Hall–Kier alpha value is -3.77. The lowest BCUT2D eigenvalue weighted by Gasteiger charge is -2.05. The molecule has 0 saturated heterocycles. The Labute approximate surface area is 173 Å². The molecule has 1 aromatic heterocycles. The Kier molecular flexibility index (Phi) is 4.83. The molecular weight excluding hydrogens is 380 g/mol. The van der Waals surface area contributed by atoms with Crippen molar-refractivity contribution < 1.29 is 18.8 Å². The molecule has 0 atom stereocenters. The van der Waals surface area contributed by atoms with E-state index in [0.29, 0.717) is 30.4 Å². The van der Waals surface area contributed by atoms with E-state index < -0.39 is 0 Å². The van der Waals surface area contributed by atoms with Gasteiger partial charge in [-0.05, 0) is 41.0 Å². The van der Waals surface area contributed by atoms with Crippen LogP contribution in [0.25, 0.3) is 11.4 Å². The van der Waals surface area contributed by atoms with Gasteiger partial charge in [0.05, 0.1) is 13.2 Å². The molecule has 1 aliphatic heterocycles. The Balaban J connectivity index is 1.31. The third kappa shape index (κ3) is 3.86. The van der Waals surface area contributed by atoms with Crippen molar-refractivity contribution in [2.24, 2.45) is 0 Å². The number of benzene rings is 3. The van der Waals surface area contributed by atoms with E-state index in [1.54, 1.807) is 0 Å². The van der Waals surface area contributed by atoms with Gasteiger partial charge < -0.3 is 14.0 Å². The van der Waals surface area contributed by atoms with Crippen LogP contribution < -0.4 is 4.74 Å². The molecule has 1 aliphatic rings. The maximum absolute atomic E-state index is 12.6. The fourth-order valence-electron chi connectivity index (χ4n) is 3.37. The van der Waals surface area contributed by atoms with Crippen molar-refractivity contribution in [2.45, 2.75) is 19.6 Å². The molecule has 0 aliphatic carbocycles. The summed E-state index contributed by atoms with van der Waals surface area (Å²) in [7, 11) is 0. The highest BCUT2D eigenvalue weighted by atomic mass is 16.5. The molecule has 6 heteroatoms. The Bertz CT molecular complexity index is 1200. The number of ketones is 1. The first kappa shape index (κ1) is 18.3. The SMILES string of the molecule is O=C(Cc1ccc2c(c1)COC2)c1nc(-c2cccc(Oc3ccccc3)c2)no1. The number of aromatic nitrogens is 2. The van der Waals surface area contributed by atoms with Crippen LogP contribution in [0.1, 0.15) is 27.4 Å². The second-order valence-corrected chi connectivity index (χ2v) is 7.06. The van der Waals surface area contributed by atoms with Crippen LogP contribution in [-0.4, -0.2) is 15.9 Å². The van der Waals surface area contributed by atoms with E-state index in [1.165, 1.54) is 5.56 Å². The Morgan fingerprint density at radius 1 is 0.900 bits per heavy atom. The summed E-state index contributed by atoms with van der Waals surface area (Å²) in [5, 5.41) is 3.97. The van der Waals surface area contributed by atoms with Gasteiger partial charge in [-0.15, -0.1) is 0 Å². The summed E-state index contributed by atoms with van der Waals surface area (Å²) in [5.74, 6) is 1.51. The van der Waals surface area contributed by atoms with Crippen LogP contribution in [0.3, 0.4) is 0 Å². The molecule has 0 saturated carbocycles. The van der Waals surface area contributed by atoms with Gasteiger partial charge in [0.15, 0.2) is 0 Å². The van der Waals surface area contributed by atoms with E-state index in [4.69, 9.17) is 14.0 Å². The van der Waals surface area contributed by atoms with Crippen LogP contribution >= 0.6 is 0 Å². The monoisotopic (exact) mass is 398 g/mol. The van der Waals surface area contributed by atoms with Crippen LogP contribution in [-0.2, 0) is 24.4 Å². The smallest absolute Gasteiger partial charge is 0.294 e. The predicted molar refractivity (Wildman–Crippen MR) is 109 cm³/mol. The van der Waals surface area contributed by atoms with E-state index >= 15 is 0 Å². The molecule has 2 heterocycles. The average Bonchev–Trinajstić information content (AvgIpc) is 3.44. The van der Waals surface area contributed by atoms with Crippen LogP contribution in [0.15, 0.2) is 77.3 Å². The Morgan fingerprint density at radius 3 is 2.63 bits per heavy atom. The lowest BCUT2D eigenvalue weighted by Crippen LogP contribution is -2.04. The van der Waals surface area contributed by atoms with E-state index in [9.17, 15) is 4.79 Å². The van der Waals surface area contributed by atoms with Gasteiger partial charge in [0.2, 0.25) is 11.6 Å². The number of nitrogens with zero attached hydrogens (tertiary/aromatic N) is 2. The van der Waals surface area contributed by atoms with Crippen LogP contribution in [0, 0.1) is 0 Å². The minimum absolute atomic E-state index is 0.00358. The molecule has 5 rings (SSSR count). The lowest BCUT2D eigenvalue weighted by atomic mass is 10.0. The zero-order valence-electron chi connectivity index (χ0n) is 16.1. The highest BCUT2D eigenvalue weighted by molar-refractivity contribution is 5.93. The number of carbonyl (C=O) groups excluding carboxylic acids is 1. The van der Waals surface area contributed by atoms with Gasteiger partial charge in [-0.1, -0.05) is 53.7 Å². The summed E-state index contributed by atoms with van der Waals surface area (Å²) in [6, 6.07) is 22.8. The van der Waals surface area contributed by atoms with Crippen molar-refractivity contribution in [3.63, 3.8) is 0 Å². The summed E-state index contributed by atoms with van der Waals surface area (Å²) in [5.41, 5.74) is 3.91. The molecule has 6 nitrogen and oxygen atoms in total. The number of hydrogen-bond acceptors (Lipinski definition) is 6. The van der Waals surface area contributed by atoms with E-state index in [-0.39, 0.29) is 18.1 Å². The number of fused-ring (bicyclic) bond motifs is 1. The van der Waals surface area contributed by atoms with Crippen LogP contribution in [0.5, 0.6) is 11.5 Å². The maximum atomic E-state index is 12.6. The zero-order chi connectivity index (χ0) is 20.3. The molecule has 3 aromatic carbocycles. The summed E-state index contributed by atoms with van der Waals surface area (Å²) in [6.07, 6.45) is 0.200. The first-order valence-electron chi connectivity index (χ1n) is 9.63. The summed E-state index contributed by atoms with van der Waals surface area (Å²) < 4.78 is 16.5. The minimum Gasteiger partial charge on any atom is -0.457 e. The molecule has 0 radical (unpaired) electrons. The van der Waals surface area contributed by atoms with Crippen LogP contribution in [0.4, 0.5) is 0 Å². The van der Waals surface area contributed by atoms with E-state index in [2.05, 4.69) is 10.1 Å². The van der Waals surface area contributed by atoms with Gasteiger partial charge in [0.1, 0.15) is 11.5 Å². The highest BCUT2D eigenvalue weighted by Gasteiger charge is 2.18. The van der Waals surface area contributed by atoms with Gasteiger partial charge in [-0.3, -0.25) is 4.79 Å². The number of rotatable bonds is 6. The van der Waals surface area contributed by atoms with E-state index in [0.717, 1.165) is 16.9 Å². The molecule has 148 valence electrons. The summed E-state index contributed by atoms with van der Waals surface area (Å²) >= 11 is 0. The molecule has 4 aromatic rings. The van der Waals surface area contributed by atoms with Crippen molar-refractivity contribution in [1.29, 1.82) is 0 Å². The zero-order valence-corrected chi connectivity index (χ0v) is 16.1. The second-order valence-electron chi connectivity index (χ2n) is 7.06. The third-order valence-corrected chi connectivity index (χ3v) is 4.89. The minimum atomic E-state index is -0.218. The van der Waals surface area contributed by atoms with Crippen molar-refractivity contribution in [3.05, 3.63) is 95.4 Å². The normalized spacial score (nSPS) is 12.5. The quantitative estimate of drug-likeness (QED) is 0.426. The molecule has 30 heavy (non-hydrogen) atoms. The number of para-hydroxylation sites is 1. The molecular formula is C24H18N2O4. The first-order chi connectivity index (χ1) is 14.7. The number of carbonyl (C=O) groups is 1. The molecule has 0 spiro atoms. The van der Waals surface area contributed by atoms with Crippen LogP contribution in [0.2, 0.25) is 0 Å². The predicted octanol–water partition coefficient (Wildman–Crippen LogP) is 4.98. The number of Topliss-reactive ketones (excluding diaryl/α,β-unsaturated/α-hetero) is 1. The van der Waals surface area contributed by atoms with Gasteiger partial charge in [0, 0.05) is 12.0 Å². The molecule has 0 unspecified atom stereocenters. The van der Waals surface area contributed by atoms with Crippen molar-refractivity contribution in [3.8, 4) is 22.9 Å². The lowest BCUT2D eigenvalue weighted by molar-refractivity contribution is 0.0950. The summed E-state index contributed by atoms with van der Waals surface area (Å²) in [4.78, 5) is 16.9. The average molecular weight is 398 g/mol. The largest absolute Gasteiger partial charge is 0.457 e. The summed E-state index contributed by atoms with van der Waals surface area (Å²) in [6.45, 7) is 1.22.